The van der Waals surface area contributed by atoms with Crippen LogP contribution in [-0.4, -0.2) is 11.2 Å². The topological polar surface area (TPSA) is 60.2 Å². The highest BCUT2D eigenvalue weighted by Crippen LogP contribution is 2.06. The van der Waals surface area contributed by atoms with Crippen LogP contribution < -0.4 is 0 Å². The van der Waals surface area contributed by atoms with Crippen LogP contribution in [0.1, 0.15) is 71.1 Å². The molecule has 0 saturated heterocycles. The van der Waals surface area contributed by atoms with Gasteiger partial charge in [0.25, 0.3) is 0 Å². The fourth-order valence-electron chi connectivity index (χ4n) is 2.20. The van der Waals surface area contributed by atoms with Gasteiger partial charge in [0, 0.05) is 6.42 Å². The van der Waals surface area contributed by atoms with Crippen LogP contribution in [0.2, 0.25) is 0 Å². The molecule has 0 amide bonds. The average Bonchev–Trinajstić information content (AvgIpc) is 2.63. The highest BCUT2D eigenvalue weighted by molar-refractivity contribution is 5.50. The molecule has 0 aliphatic heterocycles. The van der Waals surface area contributed by atoms with Crippen LogP contribution in [0, 0.1) is 10.1 Å². The third kappa shape index (κ3) is 16.6. The third-order valence-corrected chi connectivity index (χ3v) is 3.65. The van der Waals surface area contributed by atoms with Gasteiger partial charge in [0.2, 0.25) is 5.70 Å². The van der Waals surface area contributed by atoms with E-state index in [9.17, 15) is 14.9 Å². The Balaban J connectivity index is 3.82. The minimum Gasteiger partial charge on any atom is -0.291 e. The van der Waals surface area contributed by atoms with Gasteiger partial charge in [-0.25, -0.2) is 0 Å². The van der Waals surface area contributed by atoms with Crippen LogP contribution in [0.15, 0.2) is 60.4 Å². The van der Waals surface area contributed by atoms with Crippen molar-refractivity contribution in [1.82, 2.24) is 0 Å². The molecule has 0 fully saturated rings. The van der Waals surface area contributed by atoms with E-state index in [-0.39, 0.29) is 10.6 Å². The second-order valence-electron chi connectivity index (χ2n) is 5.90. The van der Waals surface area contributed by atoms with Crippen LogP contribution in [0.5, 0.6) is 0 Å². The molecule has 0 atom stereocenters. The maximum atomic E-state index is 10.9. The Hall–Kier alpha value is -2.23. The van der Waals surface area contributed by atoms with Crippen molar-refractivity contribution < 1.29 is 9.72 Å². The van der Waals surface area contributed by atoms with Gasteiger partial charge < -0.3 is 0 Å². The molecule has 26 heavy (non-hydrogen) atoms. The Bertz CT molecular complexity index is 513. The molecule has 0 bridgehead atoms. The largest absolute Gasteiger partial charge is 0.291 e. The Morgan fingerprint density at radius 2 is 1.54 bits per heavy atom. The van der Waals surface area contributed by atoms with E-state index in [0.29, 0.717) is 19.3 Å². The predicted molar refractivity (Wildman–Crippen MR) is 109 cm³/mol. The Morgan fingerprint density at radius 1 is 0.885 bits per heavy atom. The maximum Gasteiger partial charge on any atom is 0.246 e. The molecule has 4 heteroatoms. The van der Waals surface area contributed by atoms with Crippen molar-refractivity contribution in [1.29, 1.82) is 0 Å². The number of hydrogen-bond donors (Lipinski definition) is 0. The van der Waals surface area contributed by atoms with Crippen LogP contribution in [0.4, 0.5) is 0 Å². The van der Waals surface area contributed by atoms with Crippen molar-refractivity contribution in [2.24, 2.45) is 0 Å². The molecule has 143 valence electrons. The van der Waals surface area contributed by atoms with E-state index in [2.05, 4.69) is 24.3 Å². The summed E-state index contributed by atoms with van der Waals surface area (Å²) in [4.78, 5) is 20.7. The maximum absolute atomic E-state index is 10.9. The summed E-state index contributed by atoms with van der Waals surface area (Å²) in [5.41, 5.74) is 0.254. The average molecular weight is 359 g/mol. The summed E-state index contributed by atoms with van der Waals surface area (Å²) in [5.74, 6) is 0. The van der Waals surface area contributed by atoms with Crippen molar-refractivity contribution >= 4 is 6.29 Å². The normalized spacial score (nSPS) is 12.9. The smallest absolute Gasteiger partial charge is 0.246 e. The number of nitro groups is 1. The molecule has 4 nitrogen and oxygen atoms in total. The van der Waals surface area contributed by atoms with Crippen molar-refractivity contribution in [3.63, 3.8) is 0 Å². The summed E-state index contributed by atoms with van der Waals surface area (Å²) >= 11 is 0. The summed E-state index contributed by atoms with van der Waals surface area (Å²) in [7, 11) is 0. The zero-order valence-corrected chi connectivity index (χ0v) is 15.9. The molecule has 0 unspecified atom stereocenters. The van der Waals surface area contributed by atoms with Crippen molar-refractivity contribution in [2.75, 3.05) is 0 Å². The van der Waals surface area contributed by atoms with Crippen LogP contribution in [0.3, 0.4) is 0 Å². The van der Waals surface area contributed by atoms with Gasteiger partial charge in [-0.2, -0.15) is 0 Å². The molecular weight excluding hydrogens is 326 g/mol. The van der Waals surface area contributed by atoms with E-state index in [4.69, 9.17) is 0 Å². The molecule has 0 aromatic rings. The first kappa shape index (κ1) is 23.8. The minimum absolute atomic E-state index is 0.254. The van der Waals surface area contributed by atoms with Gasteiger partial charge in [-0.05, 0) is 51.0 Å². The number of rotatable bonds is 16. The molecule has 0 N–H and O–H groups in total. The van der Waals surface area contributed by atoms with Gasteiger partial charge in [0.15, 0.2) is 6.29 Å². The number of hydrogen-bond acceptors (Lipinski definition) is 3. The van der Waals surface area contributed by atoms with Gasteiger partial charge in [0.1, 0.15) is 0 Å². The predicted octanol–water partition coefficient (Wildman–Crippen LogP) is 6.40. The van der Waals surface area contributed by atoms with Gasteiger partial charge in [-0.15, -0.1) is 0 Å². The Morgan fingerprint density at radius 3 is 2.15 bits per heavy atom. The molecule has 0 aromatic carbocycles. The second kappa shape index (κ2) is 19.1. The molecule has 0 saturated carbocycles. The molecule has 0 rings (SSSR count). The van der Waals surface area contributed by atoms with Crippen molar-refractivity contribution in [3.05, 3.63) is 70.5 Å². The van der Waals surface area contributed by atoms with E-state index in [0.717, 1.165) is 44.9 Å². The summed E-state index contributed by atoms with van der Waals surface area (Å²) in [6, 6.07) is 0. The number of carbonyl (C=O) groups excluding carboxylic acids is 1. The van der Waals surface area contributed by atoms with Crippen molar-refractivity contribution in [3.8, 4) is 0 Å². The monoisotopic (exact) mass is 358 g/mol. The van der Waals surface area contributed by atoms with Gasteiger partial charge in [0.05, 0.1) is 11.3 Å². The molecular formula is C22H32NO3. The fourth-order valence-corrected chi connectivity index (χ4v) is 2.20. The first-order valence-corrected chi connectivity index (χ1v) is 9.50. The molecule has 0 spiro atoms. The summed E-state index contributed by atoms with van der Waals surface area (Å²) in [5, 5.41) is 10.9. The summed E-state index contributed by atoms with van der Waals surface area (Å²) < 4.78 is 0. The first-order valence-electron chi connectivity index (χ1n) is 9.50. The number of allylic oxidation sites excluding steroid dienone is 9. The van der Waals surface area contributed by atoms with Gasteiger partial charge in [-0.1, -0.05) is 62.0 Å². The number of nitrogens with zero attached hydrogens (tertiary/aromatic N) is 1. The molecule has 0 heterocycles. The van der Waals surface area contributed by atoms with E-state index in [1.807, 2.05) is 37.5 Å². The quantitative estimate of drug-likeness (QED) is 0.139. The zero-order valence-electron chi connectivity index (χ0n) is 15.9. The lowest BCUT2D eigenvalue weighted by atomic mass is 10.1. The molecule has 0 aliphatic rings. The Labute approximate surface area is 158 Å². The highest BCUT2D eigenvalue weighted by atomic mass is 16.6. The van der Waals surface area contributed by atoms with Crippen LogP contribution in [-0.2, 0) is 4.79 Å². The lowest BCUT2D eigenvalue weighted by molar-refractivity contribution is -0.427. The lowest BCUT2D eigenvalue weighted by Gasteiger charge is -1.93. The zero-order chi connectivity index (χ0) is 19.3. The third-order valence-electron chi connectivity index (χ3n) is 3.65. The van der Waals surface area contributed by atoms with Crippen molar-refractivity contribution in [2.45, 2.75) is 71.1 Å². The van der Waals surface area contributed by atoms with E-state index < -0.39 is 0 Å². The molecule has 0 aromatic heterocycles. The first-order chi connectivity index (χ1) is 12.7. The molecule has 1 radical (unpaired) electrons. The standard InChI is InChI=1S/C22H32NO3/c1-2-3-16-19-22(23(25)26)20-17-14-12-10-8-6-4-5-7-9-11-13-15-18-21-24/h3,5-8,12,14,16,20H,2,4,9-11,13,15,17-19H2,1H3/b7-5-,8-6-,14-12-,16-3-,22-20+. The number of unbranched alkanes of at least 4 members (excludes halogenated alkanes) is 4. The second-order valence-corrected chi connectivity index (χ2v) is 5.90. The summed E-state index contributed by atoms with van der Waals surface area (Å²) in [6.07, 6.45) is 28.3. The molecule has 0 aliphatic carbocycles. The van der Waals surface area contributed by atoms with Gasteiger partial charge >= 0.3 is 0 Å². The van der Waals surface area contributed by atoms with Crippen LogP contribution in [0.25, 0.3) is 0 Å². The lowest BCUT2D eigenvalue weighted by Crippen LogP contribution is -1.97. The highest BCUT2D eigenvalue weighted by Gasteiger charge is 2.05. The Kier molecular flexibility index (Phi) is 17.5. The fraction of sp³-hybridized carbons (Fsp3) is 0.500. The van der Waals surface area contributed by atoms with Gasteiger partial charge in [-0.3, -0.25) is 14.9 Å². The minimum atomic E-state index is -0.305. The van der Waals surface area contributed by atoms with E-state index in [1.165, 1.54) is 0 Å². The summed E-state index contributed by atoms with van der Waals surface area (Å²) in [6.45, 7) is 2.01. The van der Waals surface area contributed by atoms with E-state index in [1.54, 1.807) is 6.08 Å². The SMILES string of the molecule is CC/C=C\C/C(=C\C/C=C\C/C=C\C/C=C\CCCCC[C]=O)[N+](=O)[O-]. The van der Waals surface area contributed by atoms with Crippen LogP contribution >= 0.6 is 0 Å². The van der Waals surface area contributed by atoms with E-state index >= 15 is 0 Å².